The second kappa shape index (κ2) is 26.0. The van der Waals surface area contributed by atoms with Crippen LogP contribution in [-0.2, 0) is 33.2 Å². The lowest BCUT2D eigenvalue weighted by molar-refractivity contribution is -0.375. The molecule has 0 radical (unpaired) electrons. The Balaban J connectivity index is 1.52. The molecule has 0 aliphatic carbocycles. The molecule has 3 fully saturated rings. The van der Waals surface area contributed by atoms with E-state index in [9.17, 15) is 55.9 Å². The number of nitrogens with one attached hydrogen (secondary N) is 1. The number of rotatable bonds is 25. The Labute approximate surface area is 334 Å². The Hall–Kier alpha value is -1.47. The van der Waals surface area contributed by atoms with Gasteiger partial charge in [0.2, 0.25) is 5.91 Å². The van der Waals surface area contributed by atoms with Crippen molar-refractivity contribution in [3.8, 4) is 0 Å². The summed E-state index contributed by atoms with van der Waals surface area (Å²) >= 11 is 0. The Morgan fingerprint density at radius 1 is 0.667 bits per heavy atom. The molecule has 57 heavy (non-hydrogen) atoms. The molecule has 3 aliphatic heterocycles. The summed E-state index contributed by atoms with van der Waals surface area (Å²) in [5.41, 5.74) is 6.11. The highest BCUT2D eigenvalue weighted by atomic mass is 16.8. The van der Waals surface area contributed by atoms with Crippen LogP contribution in [0.3, 0.4) is 0 Å². The van der Waals surface area contributed by atoms with E-state index in [0.29, 0.717) is 0 Å². The van der Waals surface area contributed by atoms with Crippen molar-refractivity contribution in [3.63, 3.8) is 0 Å². The second-order valence-electron chi connectivity index (χ2n) is 15.3. The third kappa shape index (κ3) is 14.9. The van der Waals surface area contributed by atoms with Crippen molar-refractivity contribution in [2.24, 2.45) is 5.73 Å². The molecule has 13 N–H and O–H groups in total. The molecule has 9 unspecified atom stereocenters. The number of ether oxygens (including phenoxy) is 6. The molecule has 19 nitrogen and oxygen atoms in total. The van der Waals surface area contributed by atoms with Gasteiger partial charge in [-0.1, -0.05) is 83.3 Å². The van der Waals surface area contributed by atoms with Crippen molar-refractivity contribution in [2.45, 2.75) is 195 Å². The van der Waals surface area contributed by atoms with Crippen LogP contribution in [0.25, 0.3) is 0 Å². The number of unbranched alkanes of at least 4 members (excludes halogenated alkanes) is 11. The number of nitrogens with two attached hydrogens (primary N) is 1. The van der Waals surface area contributed by atoms with Gasteiger partial charge in [0.15, 0.2) is 18.9 Å². The first-order chi connectivity index (χ1) is 27.3. The molecule has 19 heteroatoms. The zero-order chi connectivity index (χ0) is 42.1. The van der Waals surface area contributed by atoms with Crippen LogP contribution in [0.2, 0.25) is 0 Å². The Bertz CT molecular complexity index is 1140. The first-order valence-electron chi connectivity index (χ1n) is 20.5. The molecular weight excluding hydrogens is 756 g/mol. The smallest absolute Gasteiger partial charge is 0.217 e. The predicted molar refractivity (Wildman–Crippen MR) is 201 cm³/mol. The number of carbonyl (C=O) groups excluding carboxylic acids is 1. The fraction of sp³-hybridized carbons (Fsp3) is 0.921. The Morgan fingerprint density at radius 2 is 1.19 bits per heavy atom. The summed E-state index contributed by atoms with van der Waals surface area (Å²) in [4.78, 5) is 11.9. The monoisotopic (exact) mass is 826 g/mol. The molecule has 1 amide bonds. The average Bonchev–Trinajstić information content (AvgIpc) is 3.19. The second-order valence-corrected chi connectivity index (χ2v) is 15.3. The van der Waals surface area contributed by atoms with Gasteiger partial charge in [-0.2, -0.15) is 0 Å². The van der Waals surface area contributed by atoms with Crippen LogP contribution in [0.4, 0.5) is 0 Å². The number of aliphatic hydroxyl groups is 10. The van der Waals surface area contributed by atoms with E-state index in [4.69, 9.17) is 34.2 Å². The maximum Gasteiger partial charge on any atom is 0.217 e. The molecule has 17 atom stereocenters. The van der Waals surface area contributed by atoms with Crippen molar-refractivity contribution >= 4 is 5.91 Å². The van der Waals surface area contributed by atoms with E-state index in [-0.39, 0.29) is 6.61 Å². The number of allylic oxidation sites excluding steroid dienone is 1. The van der Waals surface area contributed by atoms with Crippen molar-refractivity contribution < 1.29 is 84.3 Å². The fourth-order valence-corrected chi connectivity index (χ4v) is 7.19. The van der Waals surface area contributed by atoms with Crippen molar-refractivity contribution in [1.29, 1.82) is 0 Å². The van der Waals surface area contributed by atoms with E-state index < -0.39 is 130 Å². The van der Waals surface area contributed by atoms with Gasteiger partial charge in [0.1, 0.15) is 73.2 Å². The predicted octanol–water partition coefficient (Wildman–Crippen LogP) is -2.46. The molecule has 0 aromatic rings. The molecular formula is C38H70N2O17. The largest absolute Gasteiger partial charge is 0.394 e. The van der Waals surface area contributed by atoms with E-state index in [1.54, 1.807) is 6.08 Å². The molecule has 334 valence electrons. The number of hydrogen-bond acceptors (Lipinski definition) is 18. The Kier molecular flexibility index (Phi) is 22.8. The van der Waals surface area contributed by atoms with E-state index in [0.717, 1.165) is 26.2 Å². The van der Waals surface area contributed by atoms with Crippen LogP contribution in [0, 0.1) is 0 Å². The van der Waals surface area contributed by atoms with Gasteiger partial charge in [0.25, 0.3) is 0 Å². The summed E-state index contributed by atoms with van der Waals surface area (Å²) < 4.78 is 33.9. The topological polar surface area (TPSA) is 313 Å². The maximum absolute atomic E-state index is 11.9. The molecule has 0 aromatic carbocycles. The van der Waals surface area contributed by atoms with E-state index in [1.165, 1.54) is 57.8 Å². The zero-order valence-corrected chi connectivity index (χ0v) is 33.2. The van der Waals surface area contributed by atoms with Crippen LogP contribution in [-0.4, -0.2) is 188 Å². The number of hydrogen-bond donors (Lipinski definition) is 12. The van der Waals surface area contributed by atoms with Crippen LogP contribution in [0.5, 0.6) is 0 Å². The summed E-state index contributed by atoms with van der Waals surface area (Å²) in [6.07, 6.45) is -6.55. The standard InChI is InChI=1S/C38H70N2O17/c1-3-4-5-6-7-8-9-10-11-12-13-14-15-16-23(45)22(39)20-52-37-32(50)31(49)34(26(19-43)55-37)56-38-33(51)35(29(47)25(18-42)54-38)57-36-27(40-21(2)44)30(48)28(46)24(17-41)53-36/h15-16,22-38,41-43,45-51H,3-14,17-20,39H2,1-2H3,(H,40,44)/b16-15+/t22-,23+,24?,25?,26?,27?,28+,29-,30?,31?,32?,33?,34+,35?,36-,37+,38-/m0/s1. The number of aliphatic hydroxyl groups excluding tert-OH is 10. The average molecular weight is 827 g/mol. The molecule has 0 saturated carbocycles. The highest BCUT2D eigenvalue weighted by Crippen LogP contribution is 2.33. The lowest BCUT2D eigenvalue weighted by Crippen LogP contribution is -2.68. The molecule has 3 rings (SSSR count). The minimum absolute atomic E-state index is 0.298. The molecule has 0 bridgehead atoms. The van der Waals surface area contributed by atoms with Crippen LogP contribution >= 0.6 is 0 Å². The highest BCUT2D eigenvalue weighted by Gasteiger charge is 2.54. The number of amides is 1. The van der Waals surface area contributed by atoms with Crippen LogP contribution < -0.4 is 11.1 Å². The lowest BCUT2D eigenvalue weighted by Gasteiger charge is -2.48. The number of carbonyl (C=O) groups is 1. The third-order valence-electron chi connectivity index (χ3n) is 10.7. The molecule has 3 heterocycles. The zero-order valence-electron chi connectivity index (χ0n) is 33.2. The Morgan fingerprint density at radius 3 is 1.77 bits per heavy atom. The molecule has 0 aromatic heterocycles. The van der Waals surface area contributed by atoms with Gasteiger partial charge in [-0.25, -0.2) is 0 Å². The van der Waals surface area contributed by atoms with Crippen LogP contribution in [0.1, 0.15) is 90.9 Å². The van der Waals surface area contributed by atoms with Gasteiger partial charge in [-0.15, -0.1) is 0 Å². The minimum Gasteiger partial charge on any atom is -0.394 e. The first-order valence-corrected chi connectivity index (χ1v) is 20.5. The minimum atomic E-state index is -1.94. The van der Waals surface area contributed by atoms with Gasteiger partial charge in [0.05, 0.1) is 38.6 Å². The summed E-state index contributed by atoms with van der Waals surface area (Å²) in [7, 11) is 0. The lowest BCUT2D eigenvalue weighted by atomic mass is 9.95. The van der Waals surface area contributed by atoms with E-state index >= 15 is 0 Å². The van der Waals surface area contributed by atoms with Crippen molar-refractivity contribution in [2.75, 3.05) is 26.4 Å². The summed E-state index contributed by atoms with van der Waals surface area (Å²) in [6, 6.07) is -2.37. The third-order valence-corrected chi connectivity index (χ3v) is 10.7. The normalized spacial score (nSPS) is 37.3. The van der Waals surface area contributed by atoms with Crippen molar-refractivity contribution in [1.82, 2.24) is 5.32 Å². The van der Waals surface area contributed by atoms with Gasteiger partial charge in [0, 0.05) is 6.92 Å². The maximum atomic E-state index is 11.9. The molecule has 0 spiro atoms. The molecule has 3 saturated heterocycles. The van der Waals surface area contributed by atoms with Gasteiger partial charge >= 0.3 is 0 Å². The van der Waals surface area contributed by atoms with Gasteiger partial charge in [-0.3, -0.25) is 4.79 Å². The summed E-state index contributed by atoms with van der Waals surface area (Å²) in [6.45, 7) is 0.656. The first kappa shape index (κ1) is 49.9. The van der Waals surface area contributed by atoms with Gasteiger partial charge < -0.3 is 90.5 Å². The van der Waals surface area contributed by atoms with Crippen molar-refractivity contribution in [3.05, 3.63) is 12.2 Å². The quantitative estimate of drug-likeness (QED) is 0.0336. The SMILES string of the molecule is CCCCCCCCCCCCC/C=C/[C@@H](O)[C@@H](N)CO[C@@H]1OC(CO)[C@@H](O[C@@H]2OC(CO)[C@H](O)C(O[C@@H]3OC(CO)[C@@H](O)C(O)C3NC(C)=O)C2O)C(O)C1O. The van der Waals surface area contributed by atoms with Gasteiger partial charge in [-0.05, 0) is 12.8 Å². The van der Waals surface area contributed by atoms with Crippen LogP contribution in [0.15, 0.2) is 12.2 Å². The van der Waals surface area contributed by atoms with E-state index in [1.807, 2.05) is 6.08 Å². The fourth-order valence-electron chi connectivity index (χ4n) is 7.19. The highest BCUT2D eigenvalue weighted by molar-refractivity contribution is 5.73. The summed E-state index contributed by atoms with van der Waals surface area (Å²) in [5.74, 6) is -0.657. The molecule has 3 aliphatic rings. The summed E-state index contributed by atoms with van der Waals surface area (Å²) in [5, 5.41) is 108. The van der Waals surface area contributed by atoms with E-state index in [2.05, 4.69) is 12.2 Å².